The van der Waals surface area contributed by atoms with Crippen molar-refractivity contribution < 1.29 is 14.3 Å². The number of ether oxygens (including phenoxy) is 1. The van der Waals surface area contributed by atoms with Gasteiger partial charge in [-0.15, -0.1) is 11.3 Å². The number of carbonyl (C=O) groups is 2. The van der Waals surface area contributed by atoms with Gasteiger partial charge in [-0.05, 0) is 55.5 Å². The normalized spacial score (nSPS) is 17.0. The molecule has 6 heteroatoms. The summed E-state index contributed by atoms with van der Waals surface area (Å²) in [6.07, 6.45) is 5.51. The van der Waals surface area contributed by atoms with E-state index >= 15 is 0 Å². The van der Waals surface area contributed by atoms with Gasteiger partial charge in [-0.1, -0.05) is 12.5 Å². The molecule has 1 saturated heterocycles. The predicted octanol–water partition coefficient (Wildman–Crippen LogP) is 4.23. The number of hydrogen-bond donors (Lipinski definition) is 1. The molecule has 1 N–H and O–H groups in total. The summed E-state index contributed by atoms with van der Waals surface area (Å²) in [5, 5.41) is 2.95. The van der Waals surface area contributed by atoms with Crippen molar-refractivity contribution in [2.45, 2.75) is 32.1 Å². The van der Waals surface area contributed by atoms with E-state index in [1.165, 1.54) is 29.7 Å². The molecule has 0 radical (unpaired) electrons. The fourth-order valence-electron chi connectivity index (χ4n) is 3.35. The third-order valence-electron chi connectivity index (χ3n) is 4.65. The van der Waals surface area contributed by atoms with E-state index in [4.69, 9.17) is 4.74 Å². The van der Waals surface area contributed by atoms with Crippen LogP contribution in [0, 0.1) is 0 Å². The van der Waals surface area contributed by atoms with Crippen LogP contribution in [0.15, 0.2) is 30.3 Å². The zero-order valence-corrected chi connectivity index (χ0v) is 14.7. The standard InChI is InChI=1S/C19H20N2O3S/c22-18(17-11-13-5-2-1-3-8-16(13)25-17)20-14-6-4-7-15(12-14)21-9-10-24-19(21)23/h4,6-7,11-12H,1-3,5,8-10H2,(H,20,22). The zero-order chi connectivity index (χ0) is 17.2. The summed E-state index contributed by atoms with van der Waals surface area (Å²) >= 11 is 1.61. The molecule has 0 saturated carbocycles. The zero-order valence-electron chi connectivity index (χ0n) is 13.9. The van der Waals surface area contributed by atoms with Crippen molar-refractivity contribution in [2.24, 2.45) is 0 Å². The van der Waals surface area contributed by atoms with Gasteiger partial charge in [-0.3, -0.25) is 9.69 Å². The average Bonchev–Trinajstić information content (AvgIpc) is 3.16. The highest BCUT2D eigenvalue weighted by Gasteiger charge is 2.24. The number of nitrogens with zero attached hydrogens (tertiary/aromatic N) is 1. The second-order valence-corrected chi connectivity index (χ2v) is 7.53. The Morgan fingerprint density at radius 1 is 1.16 bits per heavy atom. The lowest BCUT2D eigenvalue weighted by Gasteiger charge is -2.14. The van der Waals surface area contributed by atoms with Crippen molar-refractivity contribution in [2.75, 3.05) is 23.4 Å². The van der Waals surface area contributed by atoms with Crippen LogP contribution in [-0.2, 0) is 17.6 Å². The van der Waals surface area contributed by atoms with Gasteiger partial charge in [0.2, 0.25) is 0 Å². The molecule has 1 fully saturated rings. The molecule has 2 heterocycles. The Morgan fingerprint density at radius 2 is 2.04 bits per heavy atom. The maximum atomic E-state index is 12.6. The molecule has 2 aliphatic rings. The van der Waals surface area contributed by atoms with Gasteiger partial charge in [0.25, 0.3) is 5.91 Å². The third-order valence-corrected chi connectivity index (χ3v) is 5.88. The Hall–Kier alpha value is -2.34. The van der Waals surface area contributed by atoms with Crippen molar-refractivity contribution >= 4 is 34.7 Å². The van der Waals surface area contributed by atoms with Crippen LogP contribution in [-0.4, -0.2) is 25.2 Å². The lowest BCUT2D eigenvalue weighted by atomic mass is 10.1. The van der Waals surface area contributed by atoms with Crippen molar-refractivity contribution in [3.63, 3.8) is 0 Å². The highest BCUT2D eigenvalue weighted by atomic mass is 32.1. The number of rotatable bonds is 3. The molecule has 1 aliphatic heterocycles. The van der Waals surface area contributed by atoms with Crippen LogP contribution < -0.4 is 10.2 Å². The van der Waals surface area contributed by atoms with Gasteiger partial charge in [-0.25, -0.2) is 4.79 Å². The number of nitrogens with one attached hydrogen (secondary N) is 1. The molecular weight excluding hydrogens is 336 g/mol. The van der Waals surface area contributed by atoms with Gasteiger partial charge in [0.15, 0.2) is 0 Å². The van der Waals surface area contributed by atoms with Crippen LogP contribution in [0.3, 0.4) is 0 Å². The monoisotopic (exact) mass is 356 g/mol. The topological polar surface area (TPSA) is 58.6 Å². The van der Waals surface area contributed by atoms with Crippen LogP contribution >= 0.6 is 11.3 Å². The highest BCUT2D eigenvalue weighted by molar-refractivity contribution is 7.14. The number of thiophene rings is 1. The van der Waals surface area contributed by atoms with Crippen molar-refractivity contribution in [3.05, 3.63) is 45.6 Å². The fraction of sp³-hybridized carbons (Fsp3) is 0.368. The van der Waals surface area contributed by atoms with Gasteiger partial charge in [-0.2, -0.15) is 0 Å². The third kappa shape index (κ3) is 3.39. The van der Waals surface area contributed by atoms with Gasteiger partial charge in [0.1, 0.15) is 6.61 Å². The van der Waals surface area contributed by atoms with Gasteiger partial charge < -0.3 is 10.1 Å². The first-order chi connectivity index (χ1) is 12.2. The van der Waals surface area contributed by atoms with E-state index in [0.29, 0.717) is 18.8 Å². The second-order valence-electron chi connectivity index (χ2n) is 6.39. The summed E-state index contributed by atoms with van der Waals surface area (Å²) in [6, 6.07) is 9.36. The molecule has 2 aromatic rings. The predicted molar refractivity (Wildman–Crippen MR) is 98.7 cm³/mol. The Balaban J connectivity index is 1.50. The number of hydrogen-bond acceptors (Lipinski definition) is 4. The highest BCUT2D eigenvalue weighted by Crippen LogP contribution is 2.30. The second kappa shape index (κ2) is 6.88. The maximum absolute atomic E-state index is 12.6. The minimum absolute atomic E-state index is 0.0841. The molecule has 1 aromatic carbocycles. The first-order valence-electron chi connectivity index (χ1n) is 8.68. The largest absolute Gasteiger partial charge is 0.447 e. The molecule has 1 aliphatic carbocycles. The average molecular weight is 356 g/mol. The Kier molecular flexibility index (Phi) is 4.44. The minimum atomic E-state index is -0.342. The summed E-state index contributed by atoms with van der Waals surface area (Å²) in [5.74, 6) is -0.0841. The van der Waals surface area contributed by atoms with E-state index in [0.717, 1.165) is 23.4 Å². The van der Waals surface area contributed by atoms with Crippen molar-refractivity contribution in [3.8, 4) is 0 Å². The lowest BCUT2D eigenvalue weighted by molar-refractivity contribution is 0.103. The van der Waals surface area contributed by atoms with E-state index in [2.05, 4.69) is 5.32 Å². The lowest BCUT2D eigenvalue weighted by Crippen LogP contribution is -2.23. The van der Waals surface area contributed by atoms with Crippen LogP contribution in [0.5, 0.6) is 0 Å². The summed E-state index contributed by atoms with van der Waals surface area (Å²) in [6.45, 7) is 0.935. The summed E-state index contributed by atoms with van der Waals surface area (Å²) in [4.78, 5) is 28.0. The summed E-state index contributed by atoms with van der Waals surface area (Å²) < 4.78 is 4.97. The van der Waals surface area contributed by atoms with Crippen LogP contribution in [0.1, 0.15) is 39.4 Å². The van der Waals surface area contributed by atoms with Crippen LogP contribution in [0.4, 0.5) is 16.2 Å². The minimum Gasteiger partial charge on any atom is -0.447 e. The molecule has 0 atom stereocenters. The molecular formula is C19H20N2O3S. The first-order valence-corrected chi connectivity index (χ1v) is 9.50. The van der Waals surface area contributed by atoms with Gasteiger partial charge in [0, 0.05) is 16.3 Å². The number of anilines is 2. The van der Waals surface area contributed by atoms with E-state index in [1.54, 1.807) is 16.2 Å². The molecule has 1 aromatic heterocycles. The molecule has 0 unspecified atom stereocenters. The SMILES string of the molecule is O=C(Nc1cccc(N2CCOC2=O)c1)c1cc2c(s1)CCCCC2. The molecule has 5 nitrogen and oxygen atoms in total. The molecule has 0 spiro atoms. The van der Waals surface area contributed by atoms with E-state index in [1.807, 2.05) is 30.3 Å². The molecule has 130 valence electrons. The van der Waals surface area contributed by atoms with Crippen molar-refractivity contribution in [1.82, 2.24) is 0 Å². The first kappa shape index (κ1) is 16.1. The number of amides is 2. The fourth-order valence-corrected chi connectivity index (χ4v) is 4.50. The number of carbonyl (C=O) groups excluding carboxylic acids is 2. The summed E-state index contributed by atoms with van der Waals surface area (Å²) in [7, 11) is 0. The number of cyclic esters (lactones) is 1. The quantitative estimate of drug-likeness (QED) is 0.838. The Bertz CT molecular complexity index is 791. The molecule has 4 rings (SSSR count). The smallest absolute Gasteiger partial charge is 0.414 e. The Labute approximate surface area is 150 Å². The van der Waals surface area contributed by atoms with Crippen LogP contribution in [0.25, 0.3) is 0 Å². The number of fused-ring (bicyclic) bond motifs is 1. The number of aryl methyl sites for hydroxylation is 2. The van der Waals surface area contributed by atoms with Crippen molar-refractivity contribution in [1.29, 1.82) is 0 Å². The Morgan fingerprint density at radius 3 is 2.88 bits per heavy atom. The molecule has 0 bridgehead atoms. The van der Waals surface area contributed by atoms with E-state index in [9.17, 15) is 9.59 Å². The van der Waals surface area contributed by atoms with Crippen LogP contribution in [0.2, 0.25) is 0 Å². The van der Waals surface area contributed by atoms with E-state index in [-0.39, 0.29) is 12.0 Å². The molecule has 25 heavy (non-hydrogen) atoms. The maximum Gasteiger partial charge on any atom is 0.414 e. The van der Waals surface area contributed by atoms with Gasteiger partial charge in [0.05, 0.1) is 11.4 Å². The van der Waals surface area contributed by atoms with Gasteiger partial charge >= 0.3 is 6.09 Å². The summed E-state index contributed by atoms with van der Waals surface area (Å²) in [5.41, 5.74) is 2.76. The molecule has 2 amide bonds. The number of benzene rings is 1. The van der Waals surface area contributed by atoms with E-state index < -0.39 is 0 Å².